The van der Waals surface area contributed by atoms with E-state index in [0.29, 0.717) is 23.6 Å². The molecule has 1 N–H and O–H groups in total. The van der Waals surface area contributed by atoms with Crippen molar-refractivity contribution in [1.29, 1.82) is 0 Å². The van der Waals surface area contributed by atoms with Crippen LogP contribution in [0, 0.1) is 13.8 Å². The molecule has 0 spiro atoms. The Hall–Kier alpha value is -2.49. The maximum absolute atomic E-state index is 12.3. The lowest BCUT2D eigenvalue weighted by molar-refractivity contribution is 0.0948. The summed E-state index contributed by atoms with van der Waals surface area (Å²) in [4.78, 5) is 12.3. The predicted octanol–water partition coefficient (Wildman–Crippen LogP) is 3.25. The van der Waals surface area contributed by atoms with Crippen LogP contribution in [0.4, 0.5) is 0 Å². The summed E-state index contributed by atoms with van der Waals surface area (Å²) in [5.74, 6) is 0.986. The van der Waals surface area contributed by atoms with Gasteiger partial charge in [0.05, 0.1) is 19.8 Å². The first-order valence-electron chi connectivity index (χ1n) is 7.11. The van der Waals surface area contributed by atoms with Gasteiger partial charge in [0, 0.05) is 12.6 Å². The van der Waals surface area contributed by atoms with Crippen LogP contribution in [0.2, 0.25) is 0 Å². The molecule has 0 atom stereocenters. The Balaban J connectivity index is 2.12. The highest BCUT2D eigenvalue weighted by atomic mass is 16.5. The van der Waals surface area contributed by atoms with Gasteiger partial charge in [-0.1, -0.05) is 23.8 Å². The Morgan fingerprint density at radius 2 is 1.82 bits per heavy atom. The van der Waals surface area contributed by atoms with E-state index in [1.807, 2.05) is 19.1 Å². The van der Waals surface area contributed by atoms with Gasteiger partial charge < -0.3 is 14.8 Å². The van der Waals surface area contributed by atoms with Crippen LogP contribution in [0.3, 0.4) is 0 Å². The van der Waals surface area contributed by atoms with E-state index in [-0.39, 0.29) is 5.91 Å². The maximum atomic E-state index is 12.3. The molecule has 2 aromatic rings. The number of amides is 1. The van der Waals surface area contributed by atoms with E-state index >= 15 is 0 Å². The zero-order valence-corrected chi connectivity index (χ0v) is 13.4. The highest BCUT2D eigenvalue weighted by molar-refractivity contribution is 5.97. The highest BCUT2D eigenvalue weighted by Crippen LogP contribution is 2.24. The Morgan fingerprint density at radius 1 is 1.05 bits per heavy atom. The smallest absolute Gasteiger partial charge is 0.255 e. The summed E-state index contributed by atoms with van der Waals surface area (Å²) in [5.41, 5.74) is 3.98. The van der Waals surface area contributed by atoms with Crippen molar-refractivity contribution < 1.29 is 14.3 Å². The van der Waals surface area contributed by atoms with Gasteiger partial charge >= 0.3 is 0 Å². The Labute approximate surface area is 131 Å². The molecule has 0 radical (unpaired) electrons. The lowest BCUT2D eigenvalue weighted by Crippen LogP contribution is -2.23. The third-order valence-corrected chi connectivity index (χ3v) is 3.59. The van der Waals surface area contributed by atoms with Crippen molar-refractivity contribution in [2.24, 2.45) is 0 Å². The largest absolute Gasteiger partial charge is 0.497 e. The third kappa shape index (κ3) is 3.58. The number of nitrogens with one attached hydrogen (secondary N) is 1. The molecule has 2 aromatic carbocycles. The zero-order valence-electron chi connectivity index (χ0n) is 13.4. The van der Waals surface area contributed by atoms with Crippen molar-refractivity contribution in [1.82, 2.24) is 5.32 Å². The van der Waals surface area contributed by atoms with Gasteiger partial charge in [0.25, 0.3) is 5.91 Å². The summed E-state index contributed by atoms with van der Waals surface area (Å²) in [6.07, 6.45) is 0. The molecule has 0 bridgehead atoms. The van der Waals surface area contributed by atoms with Gasteiger partial charge in [0.15, 0.2) is 0 Å². The Bertz CT molecular complexity index is 680. The molecule has 0 unspecified atom stereocenters. The van der Waals surface area contributed by atoms with Crippen LogP contribution in [-0.4, -0.2) is 20.1 Å². The molecule has 4 heteroatoms. The minimum atomic E-state index is -0.167. The molecule has 22 heavy (non-hydrogen) atoms. The number of hydrogen-bond donors (Lipinski definition) is 1. The minimum absolute atomic E-state index is 0.167. The second kappa shape index (κ2) is 6.98. The van der Waals surface area contributed by atoms with E-state index < -0.39 is 0 Å². The first-order valence-corrected chi connectivity index (χ1v) is 7.11. The maximum Gasteiger partial charge on any atom is 0.255 e. The molecule has 1 amide bonds. The van der Waals surface area contributed by atoms with Crippen molar-refractivity contribution in [2.75, 3.05) is 14.2 Å². The second-order valence-electron chi connectivity index (χ2n) is 5.18. The third-order valence-electron chi connectivity index (χ3n) is 3.59. The molecule has 0 saturated carbocycles. The summed E-state index contributed by atoms with van der Waals surface area (Å²) < 4.78 is 10.4. The summed E-state index contributed by atoms with van der Waals surface area (Å²) in [7, 11) is 3.12. The van der Waals surface area contributed by atoms with E-state index in [9.17, 15) is 4.79 Å². The summed E-state index contributed by atoms with van der Waals surface area (Å²) >= 11 is 0. The van der Waals surface area contributed by atoms with Crippen LogP contribution in [-0.2, 0) is 6.54 Å². The normalized spacial score (nSPS) is 10.2. The first-order chi connectivity index (χ1) is 10.5. The first kappa shape index (κ1) is 15.9. The number of carbonyl (C=O) groups is 1. The van der Waals surface area contributed by atoms with Crippen molar-refractivity contribution in [3.8, 4) is 11.5 Å². The second-order valence-corrected chi connectivity index (χ2v) is 5.18. The van der Waals surface area contributed by atoms with E-state index in [4.69, 9.17) is 9.47 Å². The average molecular weight is 299 g/mol. The van der Waals surface area contributed by atoms with Gasteiger partial charge in [-0.05, 0) is 37.1 Å². The van der Waals surface area contributed by atoms with Crippen LogP contribution < -0.4 is 14.8 Å². The average Bonchev–Trinajstić information content (AvgIpc) is 2.53. The fourth-order valence-corrected chi connectivity index (χ4v) is 2.30. The molecule has 0 heterocycles. The number of ether oxygens (including phenoxy) is 2. The molecule has 0 saturated heterocycles. The van der Waals surface area contributed by atoms with Crippen molar-refractivity contribution in [2.45, 2.75) is 20.4 Å². The van der Waals surface area contributed by atoms with Gasteiger partial charge in [-0.2, -0.15) is 0 Å². The molecule has 4 nitrogen and oxygen atoms in total. The summed E-state index contributed by atoms with van der Waals surface area (Å²) in [5, 5.41) is 2.93. The van der Waals surface area contributed by atoms with Crippen LogP contribution in [0.5, 0.6) is 11.5 Å². The van der Waals surface area contributed by atoms with Gasteiger partial charge in [-0.3, -0.25) is 4.79 Å². The molecular formula is C18H21NO3. The fourth-order valence-electron chi connectivity index (χ4n) is 2.30. The van der Waals surface area contributed by atoms with Gasteiger partial charge in [-0.15, -0.1) is 0 Å². The summed E-state index contributed by atoms with van der Waals surface area (Å²) in [6.45, 7) is 4.58. The van der Waals surface area contributed by atoms with Gasteiger partial charge in [0.1, 0.15) is 11.5 Å². The van der Waals surface area contributed by atoms with Gasteiger partial charge in [0.2, 0.25) is 0 Å². The molecule has 0 aromatic heterocycles. The number of hydrogen-bond acceptors (Lipinski definition) is 3. The topological polar surface area (TPSA) is 47.6 Å². The van der Waals surface area contributed by atoms with Crippen LogP contribution >= 0.6 is 0 Å². The van der Waals surface area contributed by atoms with Crippen LogP contribution in [0.1, 0.15) is 27.0 Å². The lowest BCUT2D eigenvalue weighted by Gasteiger charge is -2.12. The van der Waals surface area contributed by atoms with Crippen LogP contribution in [0.15, 0.2) is 36.4 Å². The van der Waals surface area contributed by atoms with E-state index in [2.05, 4.69) is 18.3 Å². The zero-order chi connectivity index (χ0) is 16.1. The van der Waals surface area contributed by atoms with Crippen molar-refractivity contribution in [3.63, 3.8) is 0 Å². The van der Waals surface area contributed by atoms with Crippen molar-refractivity contribution in [3.05, 3.63) is 58.7 Å². The minimum Gasteiger partial charge on any atom is -0.497 e. The molecular weight excluding hydrogens is 278 g/mol. The monoisotopic (exact) mass is 299 g/mol. The molecule has 116 valence electrons. The van der Waals surface area contributed by atoms with Crippen LogP contribution in [0.25, 0.3) is 0 Å². The predicted molar refractivity (Wildman–Crippen MR) is 86.6 cm³/mol. The number of methoxy groups -OCH3 is 2. The molecule has 2 rings (SSSR count). The highest BCUT2D eigenvalue weighted by Gasteiger charge is 2.13. The molecule has 0 aliphatic rings. The van der Waals surface area contributed by atoms with E-state index in [1.165, 1.54) is 18.2 Å². The standard InChI is InChI=1S/C18H21NO3/c1-12-5-6-14(13(2)9-12)11-19-18(20)16-8-7-15(21-3)10-17(16)22-4/h5-10H,11H2,1-4H3,(H,19,20). The molecule has 0 fully saturated rings. The Morgan fingerprint density at radius 3 is 2.45 bits per heavy atom. The van der Waals surface area contributed by atoms with E-state index in [1.54, 1.807) is 25.3 Å². The van der Waals surface area contributed by atoms with E-state index in [0.717, 1.165) is 5.56 Å². The van der Waals surface area contributed by atoms with Gasteiger partial charge in [-0.25, -0.2) is 0 Å². The number of rotatable bonds is 5. The van der Waals surface area contributed by atoms with Crippen molar-refractivity contribution >= 4 is 5.91 Å². The fraction of sp³-hybridized carbons (Fsp3) is 0.278. The lowest BCUT2D eigenvalue weighted by atomic mass is 10.1. The molecule has 0 aliphatic carbocycles. The summed E-state index contributed by atoms with van der Waals surface area (Å²) in [6, 6.07) is 11.3. The SMILES string of the molecule is COc1ccc(C(=O)NCc2ccc(C)cc2C)c(OC)c1. The Kier molecular flexibility index (Phi) is 5.04. The molecule has 0 aliphatic heterocycles. The number of carbonyl (C=O) groups excluding carboxylic acids is 1. The number of benzene rings is 2. The number of aryl methyl sites for hydroxylation is 2. The quantitative estimate of drug-likeness (QED) is 0.922.